The number of furan rings is 1. The summed E-state index contributed by atoms with van der Waals surface area (Å²) in [5.74, 6) is 2.25. The zero-order valence-corrected chi connectivity index (χ0v) is 38.7. The van der Waals surface area contributed by atoms with Crippen LogP contribution in [0.2, 0.25) is 0 Å². The van der Waals surface area contributed by atoms with Crippen LogP contribution in [0, 0.1) is 11.3 Å². The zero-order chi connectivity index (χ0) is 47.4. The molecule has 0 fully saturated rings. The predicted molar refractivity (Wildman–Crippen MR) is 291 cm³/mol. The van der Waals surface area contributed by atoms with Gasteiger partial charge in [-0.2, -0.15) is 5.26 Å². The van der Waals surface area contributed by atoms with E-state index in [2.05, 4.69) is 165 Å². The Balaban J connectivity index is 1.15. The van der Waals surface area contributed by atoms with Gasteiger partial charge in [0, 0.05) is 54.7 Å². The largest absolute Gasteiger partial charge is 0.456 e. The third kappa shape index (κ3) is 5.76. The van der Waals surface area contributed by atoms with Gasteiger partial charge in [-0.25, -0.2) is 15.0 Å². The lowest BCUT2D eigenvalue weighted by Gasteiger charge is -2.19. The molecule has 8 heteroatoms. The fourth-order valence-electron chi connectivity index (χ4n) is 11.6. The number of benzene rings is 9. The number of hydrogen-bond acceptors (Lipinski definition) is 5. The fourth-order valence-corrected chi connectivity index (χ4v) is 11.6. The predicted octanol–water partition coefficient (Wildman–Crippen LogP) is 15.7. The second kappa shape index (κ2) is 15.6. The molecular weight excluding hydrogens is 883 g/mol. The highest BCUT2D eigenvalue weighted by atomic mass is 16.3. The number of aromatic nitrogens is 6. The molecule has 0 saturated heterocycles. The minimum atomic E-state index is 0.424. The maximum absolute atomic E-state index is 11.8. The number of hydrogen-bond donors (Lipinski definition) is 0. The molecule has 0 spiro atoms. The molecule has 14 aromatic rings. The first kappa shape index (κ1) is 40.1. The highest BCUT2D eigenvalue weighted by Gasteiger charge is 2.31. The molecule has 1 aliphatic rings. The van der Waals surface area contributed by atoms with Gasteiger partial charge in [0.1, 0.15) is 17.4 Å². The Hall–Kier alpha value is -9.84. The zero-order valence-electron chi connectivity index (χ0n) is 38.7. The summed E-state index contributed by atoms with van der Waals surface area (Å²) in [4.78, 5) is 15.4. The quantitative estimate of drug-likeness (QED) is 0.166. The molecule has 8 nitrogen and oxygen atoms in total. The van der Waals surface area contributed by atoms with Crippen LogP contribution in [-0.4, -0.2) is 28.7 Å². The Labute approximate surface area is 412 Å². The summed E-state index contributed by atoms with van der Waals surface area (Å²) in [5, 5.41) is 19.4. The Kier molecular flexibility index (Phi) is 8.68. The molecule has 5 aromatic heterocycles. The van der Waals surface area contributed by atoms with Crippen LogP contribution >= 0.6 is 0 Å². The van der Waals surface area contributed by atoms with Gasteiger partial charge in [0.25, 0.3) is 0 Å². The van der Waals surface area contributed by atoms with Crippen LogP contribution in [0.4, 0.5) is 0 Å². The number of aryl methyl sites for hydroxylation is 1. The van der Waals surface area contributed by atoms with Crippen molar-refractivity contribution in [3.05, 3.63) is 223 Å². The summed E-state index contributed by atoms with van der Waals surface area (Å²) < 4.78 is 14.3. The molecule has 0 bridgehead atoms. The smallest absolute Gasteiger partial charge is 0.167 e. The maximum Gasteiger partial charge on any atom is 0.167 e. The first-order chi connectivity index (χ1) is 35.7. The van der Waals surface area contributed by atoms with E-state index >= 15 is 0 Å². The molecule has 1 aliphatic carbocycles. The van der Waals surface area contributed by atoms with Crippen LogP contribution in [0.15, 0.2) is 211 Å². The number of rotatable bonds is 6. The summed E-state index contributed by atoms with van der Waals surface area (Å²) in [6.07, 6.45) is 5.80. The fraction of sp³-hybridized carbons (Fsp3) is 0.0312. The van der Waals surface area contributed by atoms with E-state index in [-0.39, 0.29) is 0 Å². The van der Waals surface area contributed by atoms with Gasteiger partial charge < -0.3 is 18.1 Å². The summed E-state index contributed by atoms with van der Waals surface area (Å²) >= 11 is 0. The monoisotopic (exact) mass is 921 g/mol. The van der Waals surface area contributed by atoms with Crippen molar-refractivity contribution in [3.8, 4) is 57.3 Å². The van der Waals surface area contributed by atoms with Crippen molar-refractivity contribution < 1.29 is 4.42 Å². The van der Waals surface area contributed by atoms with Crippen LogP contribution < -0.4 is 0 Å². The lowest BCUT2D eigenvalue weighted by molar-refractivity contribution is 0.596. The summed E-state index contributed by atoms with van der Waals surface area (Å²) in [7, 11) is 0. The SMILES string of the molecule is N#Cc1cc(-c2nc(-c3ccccc3)nc(-c3ccccc3)n2)c2oc3c(c2c1-n1c2ccccc2c2c1c(-n1c4ccccc4c4ccccc41)cc1c4ccccc4n(-c4ccccc4)c12)CCC=C3. The summed E-state index contributed by atoms with van der Waals surface area (Å²) in [6.45, 7) is 0. The number of nitriles is 1. The molecule has 5 heterocycles. The molecule has 0 unspecified atom stereocenters. The van der Waals surface area contributed by atoms with Gasteiger partial charge in [-0.3, -0.25) is 0 Å². The Morgan fingerprint density at radius 1 is 0.472 bits per heavy atom. The molecule has 9 aromatic carbocycles. The average Bonchev–Trinajstić information content (AvgIpc) is 4.20. The van der Waals surface area contributed by atoms with Crippen molar-refractivity contribution in [1.82, 2.24) is 28.7 Å². The van der Waals surface area contributed by atoms with E-state index in [0.29, 0.717) is 34.2 Å². The van der Waals surface area contributed by atoms with Gasteiger partial charge in [-0.15, -0.1) is 0 Å². The molecule has 0 radical (unpaired) electrons. The molecular formula is C64H39N7O. The van der Waals surface area contributed by atoms with Crippen LogP contribution in [0.25, 0.3) is 134 Å². The molecule has 0 atom stereocenters. The number of nitrogens with zero attached hydrogens (tertiary/aromatic N) is 7. The van der Waals surface area contributed by atoms with Crippen molar-refractivity contribution in [2.45, 2.75) is 12.8 Å². The molecule has 336 valence electrons. The van der Waals surface area contributed by atoms with Gasteiger partial charge in [0.05, 0.1) is 61.0 Å². The van der Waals surface area contributed by atoms with Crippen LogP contribution in [0.5, 0.6) is 0 Å². The maximum atomic E-state index is 11.8. The Bertz CT molecular complexity index is 4520. The van der Waals surface area contributed by atoms with Crippen LogP contribution in [0.1, 0.15) is 23.3 Å². The van der Waals surface area contributed by atoms with E-state index in [4.69, 9.17) is 19.4 Å². The van der Waals surface area contributed by atoms with Gasteiger partial charge in [0.15, 0.2) is 17.5 Å². The van der Waals surface area contributed by atoms with Gasteiger partial charge in [-0.1, -0.05) is 158 Å². The van der Waals surface area contributed by atoms with E-state index < -0.39 is 0 Å². The summed E-state index contributed by atoms with van der Waals surface area (Å²) in [5.41, 5.74) is 13.6. The Morgan fingerprint density at radius 2 is 0.986 bits per heavy atom. The first-order valence-corrected chi connectivity index (χ1v) is 24.3. The van der Waals surface area contributed by atoms with E-state index in [1.807, 2.05) is 66.7 Å². The second-order valence-electron chi connectivity index (χ2n) is 18.5. The lowest BCUT2D eigenvalue weighted by atomic mass is 9.95. The van der Waals surface area contributed by atoms with Crippen molar-refractivity contribution >= 4 is 82.5 Å². The number of fused-ring (bicyclic) bond motifs is 13. The van der Waals surface area contributed by atoms with Gasteiger partial charge >= 0.3 is 0 Å². The standard InChI is InChI=1S/C64H39N7O/c65-38-41-36-49(64-67-62(39-20-4-1-5-21-39)66-63(68-64)40-22-6-2-7-23-40)61-57(47-30-14-19-35-55(47)72-61)58(41)71-53-34-18-13-29-46(53)56-59-48(45-28-12-15-31-50(45)69(59)42-24-8-3-9-25-42)37-54(60(56)71)70-51-32-16-10-26-43(51)44-27-11-17-33-52(44)70/h1-13,15-29,31-37H,14,30H2. The summed E-state index contributed by atoms with van der Waals surface area (Å²) in [6, 6.07) is 72.5. The third-order valence-electron chi connectivity index (χ3n) is 14.6. The highest BCUT2D eigenvalue weighted by Crippen LogP contribution is 2.50. The topological polar surface area (TPSA) is 90.4 Å². The lowest BCUT2D eigenvalue weighted by Crippen LogP contribution is -2.06. The number of para-hydroxylation sites is 5. The average molecular weight is 922 g/mol. The van der Waals surface area contributed by atoms with Crippen molar-refractivity contribution in [1.29, 1.82) is 5.26 Å². The minimum Gasteiger partial charge on any atom is -0.456 e. The van der Waals surface area contributed by atoms with Gasteiger partial charge in [-0.05, 0) is 67.4 Å². The van der Waals surface area contributed by atoms with E-state index in [9.17, 15) is 5.26 Å². The molecule has 0 saturated carbocycles. The molecule has 15 rings (SSSR count). The number of allylic oxidation sites excluding steroid dienone is 1. The van der Waals surface area contributed by atoms with Crippen molar-refractivity contribution in [2.24, 2.45) is 0 Å². The van der Waals surface area contributed by atoms with E-state index in [1.165, 1.54) is 0 Å². The van der Waals surface area contributed by atoms with Gasteiger partial charge in [0.2, 0.25) is 0 Å². The molecule has 0 amide bonds. The van der Waals surface area contributed by atoms with Crippen LogP contribution in [-0.2, 0) is 6.42 Å². The normalized spacial score (nSPS) is 12.5. The highest BCUT2D eigenvalue weighted by molar-refractivity contribution is 6.29. The third-order valence-corrected chi connectivity index (χ3v) is 14.6. The molecule has 0 N–H and O–H groups in total. The second-order valence-corrected chi connectivity index (χ2v) is 18.5. The Morgan fingerprint density at radius 3 is 1.60 bits per heavy atom. The van der Waals surface area contributed by atoms with Crippen LogP contribution in [0.3, 0.4) is 0 Å². The molecule has 72 heavy (non-hydrogen) atoms. The van der Waals surface area contributed by atoms with Crippen molar-refractivity contribution in [3.63, 3.8) is 0 Å². The van der Waals surface area contributed by atoms with E-state index in [1.54, 1.807) is 0 Å². The first-order valence-electron chi connectivity index (χ1n) is 24.3. The van der Waals surface area contributed by atoms with E-state index in [0.717, 1.165) is 123 Å². The minimum absolute atomic E-state index is 0.424. The molecule has 0 aliphatic heterocycles. The van der Waals surface area contributed by atoms with Crippen molar-refractivity contribution in [2.75, 3.05) is 0 Å².